The van der Waals surface area contributed by atoms with Crippen molar-refractivity contribution < 1.29 is 0 Å². The van der Waals surface area contributed by atoms with Gasteiger partial charge in [0.25, 0.3) is 0 Å². The maximum Gasteiger partial charge on any atom is 0.0940 e. The van der Waals surface area contributed by atoms with Gasteiger partial charge in [-0.1, -0.05) is 6.58 Å². The van der Waals surface area contributed by atoms with E-state index in [-0.39, 0.29) is 0 Å². The van der Waals surface area contributed by atoms with Crippen LogP contribution in [0.25, 0.3) is 0 Å². The van der Waals surface area contributed by atoms with Crippen LogP contribution in [0.3, 0.4) is 0 Å². The molecule has 1 aliphatic heterocycles. The number of nitrogens with two attached hydrogens (primary N) is 1. The van der Waals surface area contributed by atoms with Gasteiger partial charge in [0, 0.05) is 26.2 Å². The summed E-state index contributed by atoms with van der Waals surface area (Å²) in [6.45, 7) is 7.51. The van der Waals surface area contributed by atoms with E-state index < -0.39 is 0 Å². The summed E-state index contributed by atoms with van der Waals surface area (Å²) in [7, 11) is 0. The lowest BCUT2D eigenvalue weighted by Gasteiger charge is -2.15. The summed E-state index contributed by atoms with van der Waals surface area (Å²) in [5.41, 5.74) is 5.36. The molecule has 52 valence electrons. The molecule has 3 N–H and O–H groups in total. The Kier molecular flexibility index (Phi) is 1.95. The molecule has 1 fully saturated rings. The highest BCUT2D eigenvalue weighted by Gasteiger charge is 2.11. The fourth-order valence-corrected chi connectivity index (χ4v) is 0.985. The van der Waals surface area contributed by atoms with Crippen molar-refractivity contribution >= 4 is 0 Å². The van der Waals surface area contributed by atoms with Gasteiger partial charge in [-0.15, -0.1) is 0 Å². The van der Waals surface area contributed by atoms with Gasteiger partial charge in [-0.25, -0.2) is 0 Å². The van der Waals surface area contributed by atoms with Crippen LogP contribution in [-0.4, -0.2) is 31.1 Å². The van der Waals surface area contributed by atoms with E-state index in [1.807, 2.05) is 0 Å². The van der Waals surface area contributed by atoms with E-state index in [0.717, 1.165) is 25.5 Å². The Morgan fingerprint density at radius 3 is 3.00 bits per heavy atom. The van der Waals surface area contributed by atoms with Gasteiger partial charge < -0.3 is 16.0 Å². The van der Waals surface area contributed by atoms with Gasteiger partial charge in [0.2, 0.25) is 0 Å². The molecule has 0 saturated carbocycles. The fraction of sp³-hybridized carbons (Fsp3) is 0.667. The van der Waals surface area contributed by atoms with Crippen LogP contribution in [0.1, 0.15) is 0 Å². The number of hydrogen-bond acceptors (Lipinski definition) is 3. The molecule has 0 unspecified atom stereocenters. The molecule has 1 rings (SSSR count). The van der Waals surface area contributed by atoms with Crippen LogP contribution < -0.4 is 11.1 Å². The predicted molar refractivity (Wildman–Crippen MR) is 37.8 cm³/mol. The highest BCUT2D eigenvalue weighted by Crippen LogP contribution is 2.01. The van der Waals surface area contributed by atoms with E-state index >= 15 is 0 Å². The lowest BCUT2D eigenvalue weighted by atomic mass is 10.5. The summed E-state index contributed by atoms with van der Waals surface area (Å²) < 4.78 is 0. The molecule has 0 aromatic rings. The SMILES string of the molecule is C=C1NCCN1CCN. The lowest BCUT2D eigenvalue weighted by molar-refractivity contribution is 0.407. The van der Waals surface area contributed by atoms with E-state index in [2.05, 4.69) is 16.8 Å². The zero-order valence-corrected chi connectivity index (χ0v) is 5.56. The smallest absolute Gasteiger partial charge is 0.0940 e. The van der Waals surface area contributed by atoms with E-state index in [1.165, 1.54) is 0 Å². The summed E-state index contributed by atoms with van der Waals surface area (Å²) >= 11 is 0. The van der Waals surface area contributed by atoms with Gasteiger partial charge in [-0.05, 0) is 0 Å². The minimum atomic E-state index is 0.709. The maximum absolute atomic E-state index is 5.36. The quantitative estimate of drug-likeness (QED) is 0.516. The van der Waals surface area contributed by atoms with Crippen LogP contribution in [-0.2, 0) is 0 Å². The molecule has 0 aromatic carbocycles. The van der Waals surface area contributed by atoms with Crippen molar-refractivity contribution in [2.45, 2.75) is 0 Å². The standard InChI is InChI=1S/C6H13N3/c1-6-8-3-5-9(6)4-2-7/h8H,1-5,7H2. The van der Waals surface area contributed by atoms with Crippen LogP contribution >= 0.6 is 0 Å². The summed E-state index contributed by atoms with van der Waals surface area (Å²) in [5, 5.41) is 3.13. The minimum Gasteiger partial charge on any atom is -0.370 e. The van der Waals surface area contributed by atoms with E-state index in [0.29, 0.717) is 6.54 Å². The minimum absolute atomic E-state index is 0.709. The first-order valence-electron chi connectivity index (χ1n) is 3.22. The molecule has 0 aliphatic carbocycles. The summed E-state index contributed by atoms with van der Waals surface area (Å²) in [4.78, 5) is 2.15. The second-order valence-electron chi connectivity index (χ2n) is 2.15. The van der Waals surface area contributed by atoms with Crippen molar-refractivity contribution in [3.8, 4) is 0 Å². The molecular formula is C6H13N3. The largest absolute Gasteiger partial charge is 0.370 e. The van der Waals surface area contributed by atoms with Crippen molar-refractivity contribution in [2.75, 3.05) is 26.2 Å². The zero-order valence-electron chi connectivity index (χ0n) is 5.56. The molecule has 3 heteroatoms. The summed E-state index contributed by atoms with van der Waals surface area (Å²) in [6, 6.07) is 0. The highest BCUT2D eigenvalue weighted by atomic mass is 15.3. The van der Waals surface area contributed by atoms with Gasteiger partial charge in [0.1, 0.15) is 0 Å². The van der Waals surface area contributed by atoms with Crippen molar-refractivity contribution in [3.63, 3.8) is 0 Å². The molecule has 0 radical (unpaired) electrons. The van der Waals surface area contributed by atoms with Crippen molar-refractivity contribution in [1.82, 2.24) is 10.2 Å². The molecule has 1 heterocycles. The molecule has 1 saturated heterocycles. The molecule has 0 amide bonds. The van der Waals surface area contributed by atoms with Gasteiger partial charge in [0.05, 0.1) is 5.82 Å². The molecule has 0 aromatic heterocycles. The molecule has 0 bridgehead atoms. The van der Waals surface area contributed by atoms with Crippen molar-refractivity contribution in [2.24, 2.45) is 5.73 Å². The second-order valence-corrected chi connectivity index (χ2v) is 2.15. The monoisotopic (exact) mass is 127 g/mol. The third-order valence-electron chi connectivity index (χ3n) is 1.49. The number of nitrogens with zero attached hydrogens (tertiary/aromatic N) is 1. The van der Waals surface area contributed by atoms with Gasteiger partial charge in [-0.3, -0.25) is 0 Å². The van der Waals surface area contributed by atoms with E-state index in [4.69, 9.17) is 5.73 Å². The molecular weight excluding hydrogens is 114 g/mol. The Balaban J connectivity index is 2.31. The predicted octanol–water partition coefficient (Wildman–Crippen LogP) is -0.678. The number of rotatable bonds is 2. The Hall–Kier alpha value is -0.700. The molecule has 3 nitrogen and oxygen atoms in total. The Labute approximate surface area is 55.5 Å². The molecule has 1 aliphatic rings. The van der Waals surface area contributed by atoms with Crippen LogP contribution in [0.15, 0.2) is 12.4 Å². The normalized spacial score (nSPS) is 18.3. The zero-order chi connectivity index (χ0) is 6.69. The topological polar surface area (TPSA) is 41.3 Å². The third-order valence-corrected chi connectivity index (χ3v) is 1.49. The average Bonchev–Trinajstić information content (AvgIpc) is 2.18. The summed E-state index contributed by atoms with van der Waals surface area (Å²) in [6.07, 6.45) is 0. The summed E-state index contributed by atoms with van der Waals surface area (Å²) in [5.74, 6) is 1.01. The van der Waals surface area contributed by atoms with Gasteiger partial charge in [0.15, 0.2) is 0 Å². The number of hydrogen-bond donors (Lipinski definition) is 2. The van der Waals surface area contributed by atoms with Gasteiger partial charge >= 0.3 is 0 Å². The molecule has 9 heavy (non-hydrogen) atoms. The fourth-order valence-electron chi connectivity index (χ4n) is 0.985. The highest BCUT2D eigenvalue weighted by molar-refractivity contribution is 4.96. The van der Waals surface area contributed by atoms with Crippen molar-refractivity contribution in [3.05, 3.63) is 12.4 Å². The molecule has 0 atom stereocenters. The van der Waals surface area contributed by atoms with Crippen molar-refractivity contribution in [1.29, 1.82) is 0 Å². The first kappa shape index (κ1) is 6.42. The second kappa shape index (κ2) is 2.73. The van der Waals surface area contributed by atoms with Gasteiger partial charge in [-0.2, -0.15) is 0 Å². The number of nitrogens with one attached hydrogen (secondary N) is 1. The molecule has 0 spiro atoms. The lowest BCUT2D eigenvalue weighted by Crippen LogP contribution is -2.26. The van der Waals surface area contributed by atoms with Crippen LogP contribution in [0.2, 0.25) is 0 Å². The van der Waals surface area contributed by atoms with E-state index in [9.17, 15) is 0 Å². The first-order chi connectivity index (χ1) is 4.34. The Bertz CT molecular complexity index is 111. The van der Waals surface area contributed by atoms with Crippen LogP contribution in [0, 0.1) is 0 Å². The van der Waals surface area contributed by atoms with Crippen LogP contribution in [0.5, 0.6) is 0 Å². The van der Waals surface area contributed by atoms with E-state index in [1.54, 1.807) is 0 Å². The third kappa shape index (κ3) is 1.36. The van der Waals surface area contributed by atoms with Crippen LogP contribution in [0.4, 0.5) is 0 Å². The maximum atomic E-state index is 5.36. The average molecular weight is 127 g/mol. The first-order valence-corrected chi connectivity index (χ1v) is 3.22. The Morgan fingerprint density at radius 1 is 1.78 bits per heavy atom. The Morgan fingerprint density at radius 2 is 2.56 bits per heavy atom.